The second-order valence-electron chi connectivity index (χ2n) is 4.50. The van der Waals surface area contributed by atoms with Crippen LogP contribution in [0, 0.1) is 20.0 Å². The molecular formula is C14H17O3. The summed E-state index contributed by atoms with van der Waals surface area (Å²) in [5, 5.41) is 0. The maximum absolute atomic E-state index is 11.7. The molecule has 3 nitrogen and oxygen atoms in total. The summed E-state index contributed by atoms with van der Waals surface area (Å²) >= 11 is 0. The summed E-state index contributed by atoms with van der Waals surface area (Å²) < 4.78 is 0. The van der Waals surface area contributed by atoms with Crippen LogP contribution in [0.4, 0.5) is 0 Å². The zero-order chi connectivity index (χ0) is 12.3. The first-order chi connectivity index (χ1) is 8.16. The molecule has 1 saturated carbocycles. The van der Waals surface area contributed by atoms with Gasteiger partial charge < -0.3 is 0 Å². The fourth-order valence-corrected chi connectivity index (χ4v) is 1.87. The van der Waals surface area contributed by atoms with Gasteiger partial charge in [-0.15, -0.1) is 0 Å². The summed E-state index contributed by atoms with van der Waals surface area (Å²) in [5.41, 5.74) is 2.77. The number of carbonyl (C=O) groups excluding carboxylic acids is 1. The number of aryl methyl sites for hydroxylation is 2. The minimum Gasteiger partial charge on any atom is -0.292 e. The summed E-state index contributed by atoms with van der Waals surface area (Å²) in [4.78, 5) is 21.6. The number of benzene rings is 1. The van der Waals surface area contributed by atoms with E-state index in [4.69, 9.17) is 9.78 Å². The van der Waals surface area contributed by atoms with E-state index in [1.165, 1.54) is 0 Å². The maximum Gasteiger partial charge on any atom is 0.373 e. The lowest BCUT2D eigenvalue weighted by Crippen LogP contribution is -2.08. The van der Waals surface area contributed by atoms with E-state index in [0.717, 1.165) is 42.9 Å². The van der Waals surface area contributed by atoms with Crippen molar-refractivity contribution < 1.29 is 14.6 Å². The summed E-state index contributed by atoms with van der Waals surface area (Å²) in [6.45, 7) is 3.98. The Morgan fingerprint density at radius 3 is 2.47 bits per heavy atom. The lowest BCUT2D eigenvalue weighted by molar-refractivity contribution is -0.234. The average molecular weight is 233 g/mol. The smallest absolute Gasteiger partial charge is 0.292 e. The molecule has 17 heavy (non-hydrogen) atoms. The van der Waals surface area contributed by atoms with Gasteiger partial charge in [-0.05, 0) is 49.9 Å². The summed E-state index contributed by atoms with van der Waals surface area (Å²) in [6, 6.07) is 5.49. The molecule has 0 heterocycles. The Morgan fingerprint density at radius 1 is 1.12 bits per heavy atom. The second-order valence-corrected chi connectivity index (χ2v) is 4.50. The number of carbonyl (C=O) groups is 1. The topological polar surface area (TPSA) is 35.5 Å². The third-order valence-corrected chi connectivity index (χ3v) is 3.14. The van der Waals surface area contributed by atoms with Gasteiger partial charge in [0.05, 0.1) is 5.56 Å². The molecule has 1 aromatic rings. The fraction of sp³-hybridized carbons (Fsp3) is 0.429. The van der Waals surface area contributed by atoms with Gasteiger partial charge in [0.25, 0.3) is 0 Å². The van der Waals surface area contributed by atoms with Gasteiger partial charge in [0.15, 0.2) is 0 Å². The van der Waals surface area contributed by atoms with Crippen LogP contribution in [-0.4, -0.2) is 5.97 Å². The molecule has 0 aliphatic heterocycles. The average Bonchev–Trinajstić information content (AvgIpc) is 2.82. The van der Waals surface area contributed by atoms with Gasteiger partial charge in [-0.3, -0.25) is 4.89 Å². The molecule has 1 aliphatic rings. The van der Waals surface area contributed by atoms with Crippen molar-refractivity contribution >= 4 is 5.97 Å². The Labute approximate surface area is 102 Å². The molecular weight excluding hydrogens is 216 g/mol. The van der Waals surface area contributed by atoms with Gasteiger partial charge in [-0.1, -0.05) is 18.9 Å². The van der Waals surface area contributed by atoms with Crippen molar-refractivity contribution in [3.63, 3.8) is 0 Å². The molecule has 0 saturated heterocycles. The molecule has 0 unspecified atom stereocenters. The van der Waals surface area contributed by atoms with Crippen molar-refractivity contribution in [1.82, 2.24) is 0 Å². The van der Waals surface area contributed by atoms with Crippen LogP contribution in [0.5, 0.6) is 0 Å². The van der Waals surface area contributed by atoms with Crippen molar-refractivity contribution in [3.8, 4) is 0 Å². The largest absolute Gasteiger partial charge is 0.373 e. The Balaban J connectivity index is 1.92. The second kappa shape index (κ2) is 5.32. The molecule has 91 valence electrons. The normalized spacial score (nSPS) is 16.1. The van der Waals surface area contributed by atoms with E-state index in [2.05, 4.69) is 0 Å². The van der Waals surface area contributed by atoms with E-state index in [-0.39, 0.29) is 0 Å². The highest BCUT2D eigenvalue weighted by atomic mass is 17.2. The number of rotatable bonds is 3. The van der Waals surface area contributed by atoms with Crippen LogP contribution in [0.15, 0.2) is 18.2 Å². The van der Waals surface area contributed by atoms with Crippen LogP contribution in [0.2, 0.25) is 0 Å². The molecule has 1 aromatic carbocycles. The van der Waals surface area contributed by atoms with E-state index in [9.17, 15) is 4.79 Å². The maximum atomic E-state index is 11.7. The highest BCUT2D eigenvalue weighted by Crippen LogP contribution is 2.28. The minimum absolute atomic E-state index is 0.424. The number of hydrogen-bond donors (Lipinski definition) is 0. The molecule has 1 fully saturated rings. The van der Waals surface area contributed by atoms with Gasteiger partial charge in [-0.25, -0.2) is 4.79 Å². The monoisotopic (exact) mass is 233 g/mol. The summed E-state index contributed by atoms with van der Waals surface area (Å²) in [5.74, 6) is -0.424. The van der Waals surface area contributed by atoms with Crippen LogP contribution in [0.3, 0.4) is 0 Å². The Hall–Kier alpha value is -1.35. The van der Waals surface area contributed by atoms with Crippen LogP contribution < -0.4 is 0 Å². The molecule has 0 bridgehead atoms. The molecule has 1 radical (unpaired) electrons. The SMILES string of the molecule is Cc1ccc(C(=O)OO[C]2CCCC2)cc1C. The first-order valence-electron chi connectivity index (χ1n) is 5.97. The zero-order valence-corrected chi connectivity index (χ0v) is 10.3. The zero-order valence-electron chi connectivity index (χ0n) is 10.3. The van der Waals surface area contributed by atoms with E-state index < -0.39 is 5.97 Å². The predicted molar refractivity (Wildman–Crippen MR) is 64.1 cm³/mol. The van der Waals surface area contributed by atoms with Crippen molar-refractivity contribution in [2.24, 2.45) is 0 Å². The standard InChI is InChI=1S/C14H17O3/c1-10-7-8-12(9-11(10)2)14(15)17-16-13-5-3-4-6-13/h7-9H,3-6H2,1-2H3. The Morgan fingerprint density at radius 2 is 1.82 bits per heavy atom. The van der Waals surface area contributed by atoms with Crippen LogP contribution in [-0.2, 0) is 9.78 Å². The van der Waals surface area contributed by atoms with Gasteiger partial charge >= 0.3 is 5.97 Å². The first-order valence-corrected chi connectivity index (χ1v) is 5.97. The van der Waals surface area contributed by atoms with Gasteiger partial charge in [0.1, 0.15) is 6.10 Å². The molecule has 0 spiro atoms. The van der Waals surface area contributed by atoms with Gasteiger partial charge in [-0.2, -0.15) is 4.89 Å². The molecule has 2 rings (SSSR count). The quantitative estimate of drug-likeness (QED) is 0.592. The van der Waals surface area contributed by atoms with Crippen LogP contribution in [0.25, 0.3) is 0 Å². The van der Waals surface area contributed by atoms with Crippen molar-refractivity contribution in [1.29, 1.82) is 0 Å². The van der Waals surface area contributed by atoms with Crippen LogP contribution >= 0.6 is 0 Å². The lowest BCUT2D eigenvalue weighted by Gasteiger charge is -2.08. The van der Waals surface area contributed by atoms with Crippen molar-refractivity contribution in [3.05, 3.63) is 41.0 Å². The van der Waals surface area contributed by atoms with E-state index >= 15 is 0 Å². The van der Waals surface area contributed by atoms with E-state index in [0.29, 0.717) is 5.56 Å². The Bertz CT molecular complexity index is 406. The first kappa shape index (κ1) is 12.1. The predicted octanol–water partition coefficient (Wildman–Crippen LogP) is 3.50. The summed E-state index contributed by atoms with van der Waals surface area (Å²) in [7, 11) is 0. The molecule has 0 aromatic heterocycles. The highest BCUT2D eigenvalue weighted by molar-refractivity contribution is 5.89. The van der Waals surface area contributed by atoms with Crippen molar-refractivity contribution in [2.45, 2.75) is 39.5 Å². The minimum atomic E-state index is -0.424. The highest BCUT2D eigenvalue weighted by Gasteiger charge is 2.20. The van der Waals surface area contributed by atoms with Crippen LogP contribution in [0.1, 0.15) is 47.2 Å². The number of hydrogen-bond acceptors (Lipinski definition) is 3. The van der Waals surface area contributed by atoms with Crippen molar-refractivity contribution in [2.75, 3.05) is 0 Å². The Kier molecular flexibility index (Phi) is 3.79. The molecule has 0 atom stereocenters. The third kappa shape index (κ3) is 3.07. The molecule has 3 heteroatoms. The molecule has 0 N–H and O–H groups in total. The third-order valence-electron chi connectivity index (χ3n) is 3.14. The molecule has 0 amide bonds. The lowest BCUT2D eigenvalue weighted by atomic mass is 10.1. The van der Waals surface area contributed by atoms with E-state index in [1.54, 1.807) is 6.07 Å². The molecule has 1 aliphatic carbocycles. The van der Waals surface area contributed by atoms with Gasteiger partial charge in [0.2, 0.25) is 0 Å². The van der Waals surface area contributed by atoms with E-state index in [1.807, 2.05) is 26.0 Å². The summed E-state index contributed by atoms with van der Waals surface area (Å²) in [6.07, 6.45) is 4.93. The fourth-order valence-electron chi connectivity index (χ4n) is 1.87. The van der Waals surface area contributed by atoms with Gasteiger partial charge in [0, 0.05) is 0 Å².